The number of amides is 2. The number of ether oxygens (including phenoxy) is 1. The molecule has 1 aromatic heterocycles. The van der Waals surface area contributed by atoms with Gasteiger partial charge in [-0.2, -0.15) is 0 Å². The predicted octanol–water partition coefficient (Wildman–Crippen LogP) is 2.52. The normalized spacial score (nSPS) is 18.4. The molecule has 0 spiro atoms. The Morgan fingerprint density at radius 1 is 1.29 bits per heavy atom. The van der Waals surface area contributed by atoms with E-state index >= 15 is 0 Å². The maximum Gasteiger partial charge on any atom is 0.414 e. The van der Waals surface area contributed by atoms with Crippen molar-refractivity contribution in [1.82, 2.24) is 10.3 Å². The van der Waals surface area contributed by atoms with Crippen LogP contribution in [0.4, 0.5) is 20.7 Å². The summed E-state index contributed by atoms with van der Waals surface area (Å²) in [5.41, 5.74) is 1.38. The quantitative estimate of drug-likeness (QED) is 0.788. The fraction of sp³-hybridized carbons (Fsp3) is 0.333. The molecule has 1 saturated heterocycles. The van der Waals surface area contributed by atoms with Crippen molar-refractivity contribution in [2.45, 2.75) is 20.0 Å². The summed E-state index contributed by atoms with van der Waals surface area (Å²) in [4.78, 5) is 35.9. The van der Waals surface area contributed by atoms with Crippen molar-refractivity contribution < 1.29 is 23.6 Å². The highest BCUT2D eigenvalue weighted by Gasteiger charge is 2.32. The first kappa shape index (κ1) is 20.6. The lowest BCUT2D eigenvalue weighted by atomic mass is 10.1. The summed E-state index contributed by atoms with van der Waals surface area (Å²) in [7, 11) is 0. The molecule has 2 amide bonds. The second-order valence-corrected chi connectivity index (χ2v) is 7.25. The Balaban J connectivity index is 1.49. The number of rotatable bonds is 5. The number of carbonyl (C=O) groups excluding carboxylic acids is 2. The van der Waals surface area contributed by atoms with Gasteiger partial charge in [0.15, 0.2) is 0 Å². The second kappa shape index (κ2) is 8.58. The minimum Gasteiger partial charge on any atom is -0.442 e. The van der Waals surface area contributed by atoms with Crippen LogP contribution in [0.3, 0.4) is 0 Å². The summed E-state index contributed by atoms with van der Waals surface area (Å²) in [6, 6.07) is 8.16. The Morgan fingerprint density at radius 3 is 2.81 bits per heavy atom. The summed E-state index contributed by atoms with van der Waals surface area (Å²) < 4.78 is 20.1. The molecule has 0 bridgehead atoms. The molecular weight excluding hydrogens is 405 g/mol. The molecule has 0 saturated carbocycles. The van der Waals surface area contributed by atoms with Crippen molar-refractivity contribution in [2.75, 3.05) is 36.0 Å². The molecule has 4 rings (SSSR count). The number of benzene rings is 1. The summed E-state index contributed by atoms with van der Waals surface area (Å²) in [6.45, 7) is 4.77. The summed E-state index contributed by atoms with van der Waals surface area (Å²) in [5.74, 6) is 0.724. The molecule has 1 aromatic carbocycles. The maximum atomic E-state index is 14.9. The average Bonchev–Trinajstić information content (AvgIpc) is 3.13. The van der Waals surface area contributed by atoms with E-state index in [0.717, 1.165) is 0 Å². The Kier molecular flexibility index (Phi) is 5.70. The minimum atomic E-state index is -0.573. The molecule has 1 atom stereocenters. The molecule has 162 valence electrons. The van der Waals surface area contributed by atoms with Crippen LogP contribution >= 0.6 is 0 Å². The van der Waals surface area contributed by atoms with Crippen molar-refractivity contribution in [3.8, 4) is 11.1 Å². The predicted molar refractivity (Wildman–Crippen MR) is 112 cm³/mol. The number of nitrogens with zero attached hydrogens (tertiary/aromatic N) is 4. The van der Waals surface area contributed by atoms with Crippen LogP contribution in [0, 0.1) is 5.82 Å². The molecule has 0 radical (unpaired) electrons. The summed E-state index contributed by atoms with van der Waals surface area (Å²) >= 11 is 0. The largest absolute Gasteiger partial charge is 0.442 e. The van der Waals surface area contributed by atoms with Crippen LogP contribution in [-0.2, 0) is 14.4 Å². The molecule has 2 aliphatic rings. The van der Waals surface area contributed by atoms with Gasteiger partial charge in [0.05, 0.1) is 25.3 Å². The van der Waals surface area contributed by atoms with Gasteiger partial charge >= 0.3 is 6.09 Å². The molecule has 0 unspecified atom stereocenters. The lowest BCUT2D eigenvalue weighted by Crippen LogP contribution is -2.36. The van der Waals surface area contributed by atoms with E-state index in [-0.39, 0.29) is 19.0 Å². The van der Waals surface area contributed by atoms with Gasteiger partial charge in [-0.1, -0.05) is 5.16 Å². The van der Waals surface area contributed by atoms with Gasteiger partial charge in [0, 0.05) is 24.2 Å². The third-order valence-electron chi connectivity index (χ3n) is 5.05. The monoisotopic (exact) mass is 427 g/mol. The number of halogens is 1. The van der Waals surface area contributed by atoms with Crippen molar-refractivity contribution >= 4 is 29.3 Å². The molecule has 2 aromatic rings. The molecule has 9 nitrogen and oxygen atoms in total. The van der Waals surface area contributed by atoms with Crippen molar-refractivity contribution in [3.63, 3.8) is 0 Å². The standard InChI is InChI=1S/C21H22FN5O4/c1-13-25-30-8-7-26(13)20-6-3-15(10-24-20)18-5-4-16(9-19(18)22)27-12-17(31-21(27)29)11-23-14(2)28/h3-6,9-10,17H,7-8,11-12H2,1-2H3,(H,23,28)/t17-/m0/s1. The fourth-order valence-corrected chi connectivity index (χ4v) is 3.47. The second-order valence-electron chi connectivity index (χ2n) is 7.25. The molecule has 1 fully saturated rings. The van der Waals surface area contributed by atoms with E-state index in [2.05, 4.69) is 15.5 Å². The van der Waals surface area contributed by atoms with Gasteiger partial charge in [0.1, 0.15) is 30.2 Å². The van der Waals surface area contributed by atoms with Gasteiger partial charge in [-0.05, 0) is 37.3 Å². The third kappa shape index (κ3) is 4.42. The number of cyclic esters (lactones) is 1. The topological polar surface area (TPSA) is 96.4 Å². The van der Waals surface area contributed by atoms with Crippen LogP contribution in [0.15, 0.2) is 41.7 Å². The highest BCUT2D eigenvalue weighted by molar-refractivity contribution is 5.95. The first-order chi connectivity index (χ1) is 14.9. The molecule has 2 aliphatic heterocycles. The summed E-state index contributed by atoms with van der Waals surface area (Å²) in [6.07, 6.45) is 0.545. The van der Waals surface area contributed by atoms with Gasteiger partial charge < -0.3 is 19.8 Å². The summed E-state index contributed by atoms with van der Waals surface area (Å²) in [5, 5.41) is 6.55. The van der Waals surface area contributed by atoms with E-state index in [1.54, 1.807) is 30.5 Å². The van der Waals surface area contributed by atoms with E-state index in [0.29, 0.717) is 41.6 Å². The van der Waals surface area contributed by atoms with Crippen LogP contribution in [-0.4, -0.2) is 55.2 Å². The molecule has 0 aliphatic carbocycles. The van der Waals surface area contributed by atoms with Crippen molar-refractivity contribution in [3.05, 3.63) is 42.3 Å². The highest BCUT2D eigenvalue weighted by atomic mass is 19.1. The number of aromatic nitrogens is 1. The maximum absolute atomic E-state index is 14.9. The number of oxime groups is 1. The number of nitrogens with one attached hydrogen (secondary N) is 1. The van der Waals surface area contributed by atoms with E-state index in [4.69, 9.17) is 9.57 Å². The Bertz CT molecular complexity index is 1030. The molecule has 31 heavy (non-hydrogen) atoms. The number of pyridine rings is 1. The van der Waals surface area contributed by atoms with Crippen LogP contribution < -0.4 is 15.1 Å². The van der Waals surface area contributed by atoms with Gasteiger partial charge in [-0.25, -0.2) is 14.2 Å². The fourth-order valence-electron chi connectivity index (χ4n) is 3.47. The first-order valence-corrected chi connectivity index (χ1v) is 9.85. The van der Waals surface area contributed by atoms with Gasteiger partial charge in [-0.15, -0.1) is 0 Å². The van der Waals surface area contributed by atoms with Crippen molar-refractivity contribution in [1.29, 1.82) is 0 Å². The van der Waals surface area contributed by atoms with Crippen LogP contribution in [0.2, 0.25) is 0 Å². The number of anilines is 2. The smallest absolute Gasteiger partial charge is 0.414 e. The molecular formula is C21H22FN5O4. The minimum absolute atomic E-state index is 0.208. The van der Waals surface area contributed by atoms with Crippen LogP contribution in [0.25, 0.3) is 11.1 Å². The zero-order valence-electron chi connectivity index (χ0n) is 17.2. The average molecular weight is 427 g/mol. The van der Waals surface area contributed by atoms with E-state index in [9.17, 15) is 14.0 Å². The first-order valence-electron chi connectivity index (χ1n) is 9.85. The van der Waals surface area contributed by atoms with Crippen molar-refractivity contribution in [2.24, 2.45) is 5.16 Å². The Morgan fingerprint density at radius 2 is 2.13 bits per heavy atom. The van der Waals surface area contributed by atoms with Gasteiger partial charge in [0.25, 0.3) is 0 Å². The number of carbonyl (C=O) groups is 2. The molecule has 10 heteroatoms. The molecule has 1 N–H and O–H groups in total. The SMILES string of the molecule is CC(=O)NC[C@H]1CN(c2ccc(-c3ccc(N4CCON=C4C)nc3)c(F)c2)C(=O)O1. The van der Waals surface area contributed by atoms with E-state index in [1.807, 2.05) is 11.8 Å². The van der Waals surface area contributed by atoms with Crippen LogP contribution in [0.1, 0.15) is 13.8 Å². The highest BCUT2D eigenvalue weighted by Crippen LogP contribution is 2.29. The van der Waals surface area contributed by atoms with Crippen LogP contribution in [0.5, 0.6) is 0 Å². The van der Waals surface area contributed by atoms with E-state index < -0.39 is 18.0 Å². The third-order valence-corrected chi connectivity index (χ3v) is 5.05. The Hall–Kier alpha value is -3.69. The lowest BCUT2D eigenvalue weighted by Gasteiger charge is -2.25. The molecule has 3 heterocycles. The zero-order valence-corrected chi connectivity index (χ0v) is 17.2. The number of hydrogen-bond acceptors (Lipinski definition) is 7. The number of amidine groups is 1. The van der Waals surface area contributed by atoms with E-state index in [1.165, 1.54) is 17.9 Å². The number of hydrogen-bond donors (Lipinski definition) is 1. The lowest BCUT2D eigenvalue weighted by molar-refractivity contribution is -0.119. The Labute approximate surface area is 178 Å². The van der Waals surface area contributed by atoms with Gasteiger partial charge in [-0.3, -0.25) is 9.69 Å². The van der Waals surface area contributed by atoms with Gasteiger partial charge in [0.2, 0.25) is 5.91 Å². The zero-order chi connectivity index (χ0) is 22.0.